The smallest absolute Gasteiger partial charge is 0.269 e. The zero-order valence-electron chi connectivity index (χ0n) is 15.8. The first kappa shape index (κ1) is 19.8. The van der Waals surface area contributed by atoms with Crippen LogP contribution in [0.5, 0.6) is 0 Å². The van der Waals surface area contributed by atoms with Crippen molar-refractivity contribution in [2.75, 3.05) is 13.2 Å². The molecule has 0 fully saturated rings. The molecule has 0 amide bonds. The van der Waals surface area contributed by atoms with Gasteiger partial charge in [0.2, 0.25) is 0 Å². The highest BCUT2D eigenvalue weighted by molar-refractivity contribution is 5.81. The molecule has 3 rings (SSSR count). The highest BCUT2D eigenvalue weighted by atomic mass is 16.6. The third-order valence-electron chi connectivity index (χ3n) is 4.78. The van der Waals surface area contributed by atoms with Gasteiger partial charge in [-0.05, 0) is 43.1 Å². The standard InChI is InChI=1S/C22H24N2O4/c1-16(12-17-6-9-20(10-7-17)24(26)27)23-14-21(25)15-28-22-11-8-18-4-2-3-5-19(18)13-22/h2-4,6-11,13,16,19,23H,5,12,14-15H2,1H3/t16-,19?/m1/s1. The lowest BCUT2D eigenvalue weighted by molar-refractivity contribution is -0.384. The topological polar surface area (TPSA) is 81.5 Å². The summed E-state index contributed by atoms with van der Waals surface area (Å²) in [6, 6.07) is 6.55. The van der Waals surface area contributed by atoms with Gasteiger partial charge in [0.25, 0.3) is 5.69 Å². The van der Waals surface area contributed by atoms with Gasteiger partial charge in [-0.3, -0.25) is 14.9 Å². The van der Waals surface area contributed by atoms with E-state index in [-0.39, 0.29) is 30.7 Å². The Morgan fingerprint density at radius 3 is 2.86 bits per heavy atom. The van der Waals surface area contributed by atoms with Gasteiger partial charge < -0.3 is 10.1 Å². The van der Waals surface area contributed by atoms with Gasteiger partial charge in [0.15, 0.2) is 5.78 Å². The summed E-state index contributed by atoms with van der Waals surface area (Å²) in [5.74, 6) is 1.06. The fourth-order valence-corrected chi connectivity index (χ4v) is 3.22. The Morgan fingerprint density at radius 2 is 2.11 bits per heavy atom. The van der Waals surface area contributed by atoms with Crippen molar-refractivity contribution >= 4 is 11.5 Å². The van der Waals surface area contributed by atoms with Crippen molar-refractivity contribution in [3.8, 4) is 0 Å². The number of ether oxygens (including phenoxy) is 1. The maximum absolute atomic E-state index is 12.1. The molecule has 0 spiro atoms. The zero-order valence-corrected chi connectivity index (χ0v) is 15.8. The van der Waals surface area contributed by atoms with Crippen molar-refractivity contribution < 1.29 is 14.5 Å². The Labute approximate surface area is 164 Å². The molecule has 0 bridgehead atoms. The molecule has 1 N–H and O–H groups in total. The SMILES string of the molecule is C[C@H](Cc1ccc([N+](=O)[O-])cc1)NCC(=O)COC1=CC2CC=CC=C2C=C1. The molecule has 146 valence electrons. The highest BCUT2D eigenvalue weighted by Crippen LogP contribution is 2.28. The van der Waals surface area contributed by atoms with E-state index in [4.69, 9.17) is 4.74 Å². The van der Waals surface area contributed by atoms with Crippen molar-refractivity contribution in [2.45, 2.75) is 25.8 Å². The van der Waals surface area contributed by atoms with Gasteiger partial charge in [-0.15, -0.1) is 0 Å². The monoisotopic (exact) mass is 380 g/mol. The summed E-state index contributed by atoms with van der Waals surface area (Å²) in [5.41, 5.74) is 2.33. The molecule has 1 aromatic rings. The van der Waals surface area contributed by atoms with E-state index >= 15 is 0 Å². The number of non-ortho nitro benzene ring substituents is 1. The number of ketones is 1. The molecule has 1 unspecified atom stereocenters. The van der Waals surface area contributed by atoms with E-state index in [9.17, 15) is 14.9 Å². The van der Waals surface area contributed by atoms with Crippen molar-refractivity contribution in [3.63, 3.8) is 0 Å². The second-order valence-corrected chi connectivity index (χ2v) is 7.08. The van der Waals surface area contributed by atoms with Gasteiger partial charge in [0.05, 0.1) is 11.5 Å². The average Bonchev–Trinajstić information content (AvgIpc) is 2.71. The maximum atomic E-state index is 12.1. The van der Waals surface area contributed by atoms with Gasteiger partial charge in [-0.25, -0.2) is 0 Å². The molecular formula is C22H24N2O4. The van der Waals surface area contributed by atoms with Crippen LogP contribution in [0.3, 0.4) is 0 Å². The van der Waals surface area contributed by atoms with E-state index in [1.54, 1.807) is 12.1 Å². The minimum absolute atomic E-state index is 0.0188. The first-order valence-corrected chi connectivity index (χ1v) is 9.39. The van der Waals surface area contributed by atoms with Crippen LogP contribution in [0.15, 0.2) is 72.1 Å². The van der Waals surface area contributed by atoms with Crippen LogP contribution < -0.4 is 5.32 Å². The number of benzene rings is 1. The number of nitro benzene ring substituents is 1. The van der Waals surface area contributed by atoms with Crippen LogP contribution in [-0.2, 0) is 16.0 Å². The number of hydrogen-bond acceptors (Lipinski definition) is 5. The lowest BCUT2D eigenvalue weighted by Gasteiger charge is -2.21. The quantitative estimate of drug-likeness (QED) is 0.522. The number of allylic oxidation sites excluding steroid dienone is 7. The van der Waals surface area contributed by atoms with E-state index < -0.39 is 4.92 Å². The van der Waals surface area contributed by atoms with Gasteiger partial charge >= 0.3 is 0 Å². The second-order valence-electron chi connectivity index (χ2n) is 7.08. The lowest BCUT2D eigenvalue weighted by Crippen LogP contribution is -2.34. The summed E-state index contributed by atoms with van der Waals surface area (Å²) in [6.07, 6.45) is 13.9. The van der Waals surface area contributed by atoms with Crippen LogP contribution in [0.2, 0.25) is 0 Å². The number of fused-ring (bicyclic) bond motifs is 1. The molecule has 0 saturated heterocycles. The van der Waals surface area contributed by atoms with Gasteiger partial charge in [-0.1, -0.05) is 36.4 Å². The molecule has 6 heteroatoms. The number of hydrogen-bond donors (Lipinski definition) is 1. The summed E-state index contributed by atoms with van der Waals surface area (Å²) in [7, 11) is 0. The van der Waals surface area contributed by atoms with E-state index in [0.717, 1.165) is 17.7 Å². The molecule has 1 aromatic carbocycles. The van der Waals surface area contributed by atoms with E-state index in [0.29, 0.717) is 12.3 Å². The Balaban J connectivity index is 1.39. The molecule has 2 aliphatic carbocycles. The Kier molecular flexibility index (Phi) is 6.55. The normalized spacial score (nSPS) is 18.7. The third-order valence-corrected chi connectivity index (χ3v) is 4.78. The second kappa shape index (κ2) is 9.28. The number of nitrogens with one attached hydrogen (secondary N) is 1. The maximum Gasteiger partial charge on any atom is 0.269 e. The largest absolute Gasteiger partial charge is 0.486 e. The molecule has 0 heterocycles. The van der Waals surface area contributed by atoms with Crippen LogP contribution in [0.25, 0.3) is 0 Å². The van der Waals surface area contributed by atoms with Crippen molar-refractivity contribution in [3.05, 3.63) is 87.7 Å². The van der Waals surface area contributed by atoms with Gasteiger partial charge in [0.1, 0.15) is 12.4 Å². The third kappa shape index (κ3) is 5.50. The van der Waals surface area contributed by atoms with Gasteiger partial charge in [-0.2, -0.15) is 0 Å². The van der Waals surface area contributed by atoms with Crippen LogP contribution in [-0.4, -0.2) is 29.9 Å². The zero-order chi connectivity index (χ0) is 19.9. The molecule has 0 radical (unpaired) electrons. The first-order valence-electron chi connectivity index (χ1n) is 9.39. The van der Waals surface area contributed by atoms with Gasteiger partial charge in [0, 0.05) is 24.1 Å². The van der Waals surface area contributed by atoms with Crippen LogP contribution in [0.1, 0.15) is 18.9 Å². The summed E-state index contributed by atoms with van der Waals surface area (Å²) >= 11 is 0. The van der Waals surface area contributed by atoms with E-state index in [1.165, 1.54) is 17.7 Å². The van der Waals surface area contributed by atoms with Crippen LogP contribution >= 0.6 is 0 Å². The Hall–Kier alpha value is -2.99. The predicted octanol–water partition coefficient (Wildman–Crippen LogP) is 3.66. The molecular weight excluding hydrogens is 356 g/mol. The minimum atomic E-state index is -0.414. The first-order chi connectivity index (χ1) is 13.5. The number of nitrogens with zero attached hydrogens (tertiary/aromatic N) is 1. The average molecular weight is 380 g/mol. The summed E-state index contributed by atoms with van der Waals surface area (Å²) < 4.78 is 5.65. The summed E-state index contributed by atoms with van der Waals surface area (Å²) in [4.78, 5) is 22.4. The molecule has 2 aliphatic rings. The Bertz CT molecular complexity index is 850. The molecule has 28 heavy (non-hydrogen) atoms. The fraction of sp³-hybridized carbons (Fsp3) is 0.318. The number of carbonyl (C=O) groups is 1. The van der Waals surface area contributed by atoms with Crippen molar-refractivity contribution in [1.29, 1.82) is 0 Å². The molecule has 6 nitrogen and oxygen atoms in total. The lowest BCUT2D eigenvalue weighted by atomic mass is 9.88. The van der Waals surface area contributed by atoms with E-state index in [2.05, 4.69) is 29.6 Å². The Morgan fingerprint density at radius 1 is 1.32 bits per heavy atom. The van der Waals surface area contributed by atoms with Crippen molar-refractivity contribution in [2.24, 2.45) is 5.92 Å². The minimum Gasteiger partial charge on any atom is -0.486 e. The highest BCUT2D eigenvalue weighted by Gasteiger charge is 2.16. The predicted molar refractivity (Wildman–Crippen MR) is 108 cm³/mol. The van der Waals surface area contributed by atoms with Crippen molar-refractivity contribution in [1.82, 2.24) is 5.32 Å². The summed E-state index contributed by atoms with van der Waals surface area (Å²) in [5, 5.41) is 13.9. The fourth-order valence-electron chi connectivity index (χ4n) is 3.22. The number of carbonyl (C=O) groups excluding carboxylic acids is 1. The molecule has 0 saturated carbocycles. The van der Waals surface area contributed by atoms with Crippen LogP contribution in [0.4, 0.5) is 5.69 Å². The summed E-state index contributed by atoms with van der Waals surface area (Å²) in [6.45, 7) is 2.24. The van der Waals surface area contributed by atoms with E-state index in [1.807, 2.05) is 19.1 Å². The van der Waals surface area contributed by atoms with Crippen LogP contribution in [0, 0.1) is 16.0 Å². The molecule has 2 atom stereocenters. The molecule has 0 aliphatic heterocycles. The molecule has 0 aromatic heterocycles. The number of nitro groups is 1. The number of rotatable bonds is 9. The number of Topliss-reactive ketones (excluding diaryl/α,β-unsaturated/α-hetero) is 1.